The quantitative estimate of drug-likeness (QED) is 0.329. The molecule has 0 unspecified atom stereocenters. The fourth-order valence-electron chi connectivity index (χ4n) is 1.78. The molecule has 130 valence electrons. The maximum Gasteiger partial charge on any atom is 0.356 e. The van der Waals surface area contributed by atoms with Crippen LogP contribution in [0.1, 0.15) is 23.0 Å². The molecule has 2 aromatic rings. The summed E-state index contributed by atoms with van der Waals surface area (Å²) in [7, 11) is 0. The van der Waals surface area contributed by atoms with Crippen LogP contribution in [0.3, 0.4) is 0 Å². The number of anilines is 1. The Morgan fingerprint density at radius 2 is 1.84 bits per heavy atom. The van der Waals surface area contributed by atoms with Gasteiger partial charge in [0, 0.05) is 12.1 Å². The van der Waals surface area contributed by atoms with E-state index in [1.807, 2.05) is 0 Å². The average Bonchev–Trinajstić information content (AvgIpc) is 2.57. The number of nitro benzene ring substituents is 1. The fourth-order valence-corrected chi connectivity index (χ4v) is 2.45. The minimum Gasteiger partial charge on any atom is -0.476 e. The maximum atomic E-state index is 11.1. The molecule has 2 N–H and O–H groups in total. The molecule has 0 atom stereocenters. The van der Waals surface area contributed by atoms with Crippen LogP contribution >= 0.6 is 34.8 Å². The molecule has 0 saturated carbocycles. The Kier molecular flexibility index (Phi) is 5.78. The van der Waals surface area contributed by atoms with Gasteiger partial charge in [-0.15, -0.1) is 0 Å². The number of nitrogens with one attached hydrogen (secondary N) is 1. The summed E-state index contributed by atoms with van der Waals surface area (Å²) in [6.45, 7) is 1.64. The van der Waals surface area contributed by atoms with Crippen molar-refractivity contribution in [2.45, 2.75) is 6.92 Å². The summed E-state index contributed by atoms with van der Waals surface area (Å²) in [6, 6.07) is 5.70. The van der Waals surface area contributed by atoms with E-state index in [0.29, 0.717) is 11.3 Å². The Hall–Kier alpha value is -2.42. The van der Waals surface area contributed by atoms with Crippen LogP contribution in [-0.2, 0) is 0 Å². The Labute approximate surface area is 156 Å². The average molecular weight is 404 g/mol. The number of non-ortho nitro benzene ring substituents is 1. The molecule has 0 amide bonds. The normalized spacial score (nSPS) is 11.3. The predicted octanol–water partition coefficient (Wildman–Crippen LogP) is 4.48. The fraction of sp³-hybridized carbons (Fsp3) is 0.0714. The summed E-state index contributed by atoms with van der Waals surface area (Å²) in [5, 5.41) is 23.2. The standard InChI is InChI=1S/C14H9Cl3N4O4/c1-6(7-2-4-8(5-3-7)21(24)25)19-20-11-9(15)12(14(22)23)18-13(17)10(11)16/h2-5H,1H3,(H,18,20)(H,22,23)/b19-6-. The monoisotopic (exact) mass is 402 g/mol. The summed E-state index contributed by atoms with van der Waals surface area (Å²) >= 11 is 17.8. The van der Waals surface area contributed by atoms with Crippen LogP contribution in [0.2, 0.25) is 15.2 Å². The Morgan fingerprint density at radius 1 is 1.24 bits per heavy atom. The zero-order valence-electron chi connectivity index (χ0n) is 12.5. The number of aromatic nitrogens is 1. The van der Waals surface area contributed by atoms with Gasteiger partial charge in [-0.05, 0) is 24.6 Å². The van der Waals surface area contributed by atoms with E-state index >= 15 is 0 Å². The van der Waals surface area contributed by atoms with Crippen LogP contribution in [0.5, 0.6) is 0 Å². The lowest BCUT2D eigenvalue weighted by Gasteiger charge is -2.10. The predicted molar refractivity (Wildman–Crippen MR) is 95.2 cm³/mol. The molecule has 0 aliphatic rings. The van der Waals surface area contributed by atoms with Crippen molar-refractivity contribution in [3.8, 4) is 0 Å². The minimum atomic E-state index is -1.37. The molecule has 0 fully saturated rings. The molecular weight excluding hydrogens is 395 g/mol. The van der Waals surface area contributed by atoms with Gasteiger partial charge in [-0.2, -0.15) is 5.10 Å². The van der Waals surface area contributed by atoms with E-state index in [4.69, 9.17) is 39.9 Å². The number of carboxylic acids is 1. The second-order valence-corrected chi connectivity index (χ2v) is 5.79. The van der Waals surface area contributed by atoms with Crippen LogP contribution in [0.15, 0.2) is 29.4 Å². The number of aromatic carboxylic acids is 1. The van der Waals surface area contributed by atoms with Gasteiger partial charge in [0.05, 0.1) is 16.3 Å². The molecule has 1 heterocycles. The van der Waals surface area contributed by atoms with Gasteiger partial charge in [-0.1, -0.05) is 34.8 Å². The van der Waals surface area contributed by atoms with Crippen LogP contribution in [-0.4, -0.2) is 26.7 Å². The zero-order chi connectivity index (χ0) is 18.7. The first kappa shape index (κ1) is 18.9. The number of benzene rings is 1. The number of halogens is 3. The largest absolute Gasteiger partial charge is 0.476 e. The van der Waals surface area contributed by atoms with Crippen LogP contribution in [0, 0.1) is 10.1 Å². The second-order valence-electron chi connectivity index (χ2n) is 4.67. The topological polar surface area (TPSA) is 118 Å². The van der Waals surface area contributed by atoms with Crippen LogP contribution in [0.4, 0.5) is 11.4 Å². The summed E-state index contributed by atoms with van der Waals surface area (Å²) < 4.78 is 0. The summed E-state index contributed by atoms with van der Waals surface area (Å²) in [5.41, 5.74) is 3.07. The summed E-state index contributed by atoms with van der Waals surface area (Å²) in [4.78, 5) is 24.9. The molecule has 0 aliphatic carbocycles. The molecule has 8 nitrogen and oxygen atoms in total. The van der Waals surface area contributed by atoms with Crippen LogP contribution in [0.25, 0.3) is 0 Å². The molecule has 2 rings (SSSR count). The highest BCUT2D eigenvalue weighted by Gasteiger charge is 2.20. The number of carboxylic acid groups (broad SMARTS) is 1. The zero-order valence-corrected chi connectivity index (χ0v) is 14.7. The lowest BCUT2D eigenvalue weighted by atomic mass is 10.1. The minimum absolute atomic E-state index is 0.0120. The van der Waals surface area contributed by atoms with Gasteiger partial charge in [0.15, 0.2) is 10.8 Å². The summed E-state index contributed by atoms with van der Waals surface area (Å²) in [6.07, 6.45) is 0. The number of hydrazone groups is 1. The van der Waals surface area contributed by atoms with Gasteiger partial charge in [0.2, 0.25) is 0 Å². The van der Waals surface area contributed by atoms with Crippen molar-refractivity contribution >= 4 is 57.9 Å². The van der Waals surface area contributed by atoms with Gasteiger partial charge in [0.1, 0.15) is 10.0 Å². The first-order chi connectivity index (χ1) is 11.7. The number of nitro groups is 1. The Morgan fingerprint density at radius 3 is 2.36 bits per heavy atom. The Bertz CT molecular complexity index is 885. The molecule has 0 saturated heterocycles. The molecular formula is C14H9Cl3N4O4. The molecule has 0 bridgehead atoms. The highest BCUT2D eigenvalue weighted by atomic mass is 35.5. The van der Waals surface area contributed by atoms with Gasteiger partial charge < -0.3 is 5.11 Å². The van der Waals surface area contributed by atoms with E-state index in [1.54, 1.807) is 6.92 Å². The third-order valence-electron chi connectivity index (χ3n) is 3.07. The van der Waals surface area contributed by atoms with Gasteiger partial charge in [0.25, 0.3) is 5.69 Å². The first-order valence-electron chi connectivity index (χ1n) is 6.55. The molecule has 1 aromatic carbocycles. The SMILES string of the molecule is C/C(=N/Nc1c(Cl)c(Cl)nc(C(=O)O)c1Cl)c1ccc([N+](=O)[O-])cc1. The number of carbonyl (C=O) groups is 1. The van der Waals surface area contributed by atoms with E-state index < -0.39 is 16.6 Å². The molecule has 11 heteroatoms. The lowest BCUT2D eigenvalue weighted by molar-refractivity contribution is -0.384. The highest BCUT2D eigenvalue weighted by Crippen LogP contribution is 2.36. The highest BCUT2D eigenvalue weighted by molar-refractivity contribution is 6.46. The number of nitrogens with zero attached hydrogens (tertiary/aromatic N) is 3. The number of rotatable bonds is 5. The van der Waals surface area contributed by atoms with Crippen molar-refractivity contribution < 1.29 is 14.8 Å². The maximum absolute atomic E-state index is 11.1. The Balaban J connectivity index is 2.34. The molecule has 25 heavy (non-hydrogen) atoms. The van der Waals surface area contributed by atoms with Gasteiger partial charge in [-0.3, -0.25) is 15.5 Å². The van der Waals surface area contributed by atoms with E-state index in [9.17, 15) is 14.9 Å². The van der Waals surface area contributed by atoms with Crippen molar-refractivity contribution in [2.75, 3.05) is 5.43 Å². The number of hydrogen-bond donors (Lipinski definition) is 2. The molecule has 0 spiro atoms. The van der Waals surface area contributed by atoms with E-state index in [1.165, 1.54) is 24.3 Å². The first-order valence-corrected chi connectivity index (χ1v) is 7.68. The van der Waals surface area contributed by atoms with E-state index in [-0.39, 0.29) is 26.6 Å². The van der Waals surface area contributed by atoms with Gasteiger partial charge >= 0.3 is 5.97 Å². The molecule has 1 aromatic heterocycles. The molecule has 0 radical (unpaired) electrons. The van der Waals surface area contributed by atoms with Crippen molar-refractivity contribution in [3.05, 3.63) is 60.8 Å². The van der Waals surface area contributed by atoms with E-state index in [2.05, 4.69) is 15.5 Å². The number of hydrogen-bond acceptors (Lipinski definition) is 6. The third-order valence-corrected chi connectivity index (χ3v) is 4.18. The van der Waals surface area contributed by atoms with Crippen molar-refractivity contribution in [3.63, 3.8) is 0 Å². The van der Waals surface area contributed by atoms with E-state index in [0.717, 1.165) is 0 Å². The smallest absolute Gasteiger partial charge is 0.356 e. The second kappa shape index (κ2) is 7.64. The van der Waals surface area contributed by atoms with Crippen LogP contribution < -0.4 is 5.43 Å². The summed E-state index contributed by atoms with van der Waals surface area (Å²) in [5.74, 6) is -1.37. The van der Waals surface area contributed by atoms with Crippen molar-refractivity contribution in [2.24, 2.45) is 5.10 Å². The molecule has 0 aliphatic heterocycles. The lowest BCUT2D eigenvalue weighted by Crippen LogP contribution is -2.06. The third kappa shape index (κ3) is 4.16. The van der Waals surface area contributed by atoms with Crippen molar-refractivity contribution in [1.29, 1.82) is 0 Å². The van der Waals surface area contributed by atoms with Gasteiger partial charge in [-0.25, -0.2) is 9.78 Å². The number of pyridine rings is 1. The van der Waals surface area contributed by atoms with Crippen molar-refractivity contribution in [1.82, 2.24) is 4.98 Å².